The predicted molar refractivity (Wildman–Crippen MR) is 62.1 cm³/mol. The molecule has 0 aliphatic carbocycles. The Morgan fingerprint density at radius 2 is 2.21 bits per heavy atom. The van der Waals surface area contributed by atoms with E-state index in [0.29, 0.717) is 19.3 Å². The zero-order chi connectivity index (χ0) is 14.0. The summed E-state index contributed by atoms with van der Waals surface area (Å²) >= 11 is 0. The van der Waals surface area contributed by atoms with E-state index in [9.17, 15) is 19.1 Å². The first-order valence-electron chi connectivity index (χ1n) is 5.98. The number of hydrogen-bond acceptors (Lipinski definition) is 5. The van der Waals surface area contributed by atoms with Crippen LogP contribution in [0.25, 0.3) is 0 Å². The van der Waals surface area contributed by atoms with E-state index in [1.54, 1.807) is 0 Å². The summed E-state index contributed by atoms with van der Waals surface area (Å²) in [6.45, 7) is -0.405. The summed E-state index contributed by atoms with van der Waals surface area (Å²) in [4.78, 5) is 24.4. The Kier molecular flexibility index (Phi) is 4.13. The fraction of sp³-hybridized carbons (Fsp3) is 0.636. The van der Waals surface area contributed by atoms with Crippen molar-refractivity contribution in [2.24, 2.45) is 0 Å². The lowest BCUT2D eigenvalue weighted by Crippen LogP contribution is -2.38. The van der Waals surface area contributed by atoms with Gasteiger partial charge in [-0.3, -0.25) is 14.3 Å². The van der Waals surface area contributed by atoms with E-state index < -0.39 is 42.1 Å². The summed E-state index contributed by atoms with van der Waals surface area (Å²) in [6, 6.07) is 0. The zero-order valence-corrected chi connectivity index (χ0v) is 10.1. The highest BCUT2D eigenvalue weighted by Gasteiger charge is 2.28. The van der Waals surface area contributed by atoms with Crippen LogP contribution in [0.15, 0.2) is 15.8 Å². The SMILES string of the molecule is O=c1[nH]c(=O)n([C@H]2CCC[C@H](O)[C@@H](CO)O2)cc1F. The molecule has 3 atom stereocenters. The molecule has 19 heavy (non-hydrogen) atoms. The van der Waals surface area contributed by atoms with Crippen LogP contribution in [0.5, 0.6) is 0 Å². The largest absolute Gasteiger partial charge is 0.394 e. The molecule has 8 heteroatoms. The van der Waals surface area contributed by atoms with Gasteiger partial charge in [-0.25, -0.2) is 4.79 Å². The third-order valence-electron chi connectivity index (χ3n) is 3.13. The molecule has 0 unspecified atom stereocenters. The van der Waals surface area contributed by atoms with Gasteiger partial charge < -0.3 is 14.9 Å². The van der Waals surface area contributed by atoms with Gasteiger partial charge in [0, 0.05) is 0 Å². The molecule has 2 rings (SSSR count). The molecule has 0 aromatic carbocycles. The lowest BCUT2D eigenvalue weighted by molar-refractivity contribution is -0.113. The number of rotatable bonds is 2. The van der Waals surface area contributed by atoms with Crippen molar-refractivity contribution in [3.63, 3.8) is 0 Å². The molecule has 1 aliphatic rings. The number of aliphatic hydroxyl groups is 2. The average Bonchev–Trinajstić information content (AvgIpc) is 2.55. The van der Waals surface area contributed by atoms with E-state index >= 15 is 0 Å². The second-order valence-electron chi connectivity index (χ2n) is 4.45. The minimum absolute atomic E-state index is 0.374. The van der Waals surface area contributed by atoms with Crippen molar-refractivity contribution < 1.29 is 19.3 Å². The van der Waals surface area contributed by atoms with Crippen LogP contribution in [0.1, 0.15) is 25.5 Å². The number of nitrogens with one attached hydrogen (secondary N) is 1. The van der Waals surface area contributed by atoms with Gasteiger partial charge in [-0.1, -0.05) is 0 Å². The van der Waals surface area contributed by atoms with Gasteiger partial charge in [-0.15, -0.1) is 0 Å². The maximum Gasteiger partial charge on any atom is 0.330 e. The molecule has 1 fully saturated rings. The summed E-state index contributed by atoms with van der Waals surface area (Å²) in [5.41, 5.74) is -1.88. The normalized spacial score (nSPS) is 28.1. The molecule has 1 saturated heterocycles. The summed E-state index contributed by atoms with van der Waals surface area (Å²) in [7, 11) is 0. The van der Waals surface area contributed by atoms with Crippen LogP contribution in [0.3, 0.4) is 0 Å². The van der Waals surface area contributed by atoms with Crippen LogP contribution >= 0.6 is 0 Å². The molecular formula is C11H15FN2O5. The maximum atomic E-state index is 13.2. The molecule has 0 amide bonds. The highest BCUT2D eigenvalue weighted by atomic mass is 19.1. The highest BCUT2D eigenvalue weighted by Crippen LogP contribution is 2.24. The summed E-state index contributed by atoms with van der Waals surface area (Å²) in [6.07, 6.45) is -0.379. The smallest absolute Gasteiger partial charge is 0.330 e. The van der Waals surface area contributed by atoms with Gasteiger partial charge in [-0.05, 0) is 19.3 Å². The fourth-order valence-corrected chi connectivity index (χ4v) is 2.09. The molecule has 1 aromatic rings. The molecule has 3 N–H and O–H groups in total. The molecule has 0 saturated carbocycles. The van der Waals surface area contributed by atoms with E-state index in [-0.39, 0.29) is 0 Å². The number of hydrogen-bond donors (Lipinski definition) is 3. The quantitative estimate of drug-likeness (QED) is 0.648. The number of halogens is 1. The van der Waals surface area contributed by atoms with Crippen molar-refractivity contribution in [2.75, 3.05) is 6.61 Å². The van der Waals surface area contributed by atoms with Gasteiger partial charge >= 0.3 is 5.69 Å². The van der Waals surface area contributed by atoms with Crippen LogP contribution < -0.4 is 11.2 Å². The second-order valence-corrected chi connectivity index (χ2v) is 4.45. The third kappa shape index (κ3) is 2.91. The van der Waals surface area contributed by atoms with Crippen molar-refractivity contribution >= 4 is 0 Å². The number of aromatic nitrogens is 2. The Morgan fingerprint density at radius 1 is 1.47 bits per heavy atom. The van der Waals surface area contributed by atoms with E-state index in [1.807, 2.05) is 4.98 Å². The van der Waals surface area contributed by atoms with Gasteiger partial charge in [0.05, 0.1) is 18.9 Å². The van der Waals surface area contributed by atoms with E-state index in [2.05, 4.69) is 0 Å². The van der Waals surface area contributed by atoms with Crippen molar-refractivity contribution in [2.45, 2.75) is 37.7 Å². The predicted octanol–water partition coefficient (Wildman–Crippen LogP) is -0.903. The molecule has 0 radical (unpaired) electrons. The van der Waals surface area contributed by atoms with Gasteiger partial charge in [0.15, 0.2) is 0 Å². The Morgan fingerprint density at radius 3 is 2.89 bits per heavy atom. The number of ether oxygens (including phenoxy) is 1. The van der Waals surface area contributed by atoms with Gasteiger partial charge in [0.25, 0.3) is 5.56 Å². The van der Waals surface area contributed by atoms with Crippen LogP contribution in [0, 0.1) is 5.82 Å². The molecule has 2 heterocycles. The van der Waals surface area contributed by atoms with Crippen LogP contribution in [0.2, 0.25) is 0 Å². The standard InChI is InChI=1S/C11H15FN2O5/c12-6-4-14(11(18)13-10(6)17)9-3-1-2-7(16)8(5-15)19-9/h4,7-9,15-16H,1-3,5H2,(H,13,17,18)/t7-,8+,9+/m0/s1. The first kappa shape index (κ1) is 13.9. The topological polar surface area (TPSA) is 105 Å². The van der Waals surface area contributed by atoms with E-state index in [4.69, 9.17) is 9.84 Å². The summed E-state index contributed by atoms with van der Waals surface area (Å²) in [5.74, 6) is -1.09. The number of nitrogens with zero attached hydrogens (tertiary/aromatic N) is 1. The molecule has 1 aromatic heterocycles. The number of aromatic amines is 1. The Balaban J connectivity index is 2.33. The number of aliphatic hydroxyl groups excluding tert-OH is 2. The number of H-pyrrole nitrogens is 1. The highest BCUT2D eigenvalue weighted by molar-refractivity contribution is 4.89. The van der Waals surface area contributed by atoms with E-state index in [0.717, 1.165) is 10.8 Å². The first-order valence-corrected chi connectivity index (χ1v) is 5.98. The van der Waals surface area contributed by atoms with Gasteiger partial charge in [0.2, 0.25) is 5.82 Å². The van der Waals surface area contributed by atoms with Crippen molar-refractivity contribution in [1.29, 1.82) is 0 Å². The second kappa shape index (κ2) is 5.64. The fourth-order valence-electron chi connectivity index (χ4n) is 2.09. The monoisotopic (exact) mass is 274 g/mol. The van der Waals surface area contributed by atoms with Crippen molar-refractivity contribution in [3.8, 4) is 0 Å². The van der Waals surface area contributed by atoms with Crippen molar-refractivity contribution in [3.05, 3.63) is 32.9 Å². The Bertz CT molecular complexity index is 555. The van der Waals surface area contributed by atoms with Gasteiger partial charge in [0.1, 0.15) is 12.3 Å². The Hall–Kier alpha value is -1.51. The minimum Gasteiger partial charge on any atom is -0.394 e. The van der Waals surface area contributed by atoms with Crippen LogP contribution in [-0.4, -0.2) is 38.6 Å². The van der Waals surface area contributed by atoms with Crippen molar-refractivity contribution in [1.82, 2.24) is 9.55 Å². The lowest BCUT2D eigenvalue weighted by Gasteiger charge is -2.23. The van der Waals surface area contributed by atoms with E-state index in [1.165, 1.54) is 0 Å². The molecule has 106 valence electrons. The van der Waals surface area contributed by atoms with Crippen LogP contribution in [-0.2, 0) is 4.74 Å². The lowest BCUT2D eigenvalue weighted by atomic mass is 10.1. The maximum absolute atomic E-state index is 13.2. The molecule has 0 spiro atoms. The third-order valence-corrected chi connectivity index (χ3v) is 3.13. The molecular weight excluding hydrogens is 259 g/mol. The summed E-state index contributed by atoms with van der Waals surface area (Å²) < 4.78 is 19.6. The first-order chi connectivity index (χ1) is 9.02. The molecule has 1 aliphatic heterocycles. The molecule has 0 bridgehead atoms. The zero-order valence-electron chi connectivity index (χ0n) is 10.1. The van der Waals surface area contributed by atoms with Gasteiger partial charge in [-0.2, -0.15) is 4.39 Å². The van der Waals surface area contributed by atoms with Crippen LogP contribution in [0.4, 0.5) is 4.39 Å². The summed E-state index contributed by atoms with van der Waals surface area (Å²) in [5, 5.41) is 18.8. The Labute approximate surface area is 107 Å². The minimum atomic E-state index is -1.09. The molecule has 7 nitrogen and oxygen atoms in total. The average molecular weight is 274 g/mol.